The van der Waals surface area contributed by atoms with Gasteiger partial charge in [-0.15, -0.1) is 11.3 Å². The highest BCUT2D eigenvalue weighted by atomic mass is 32.1. The highest BCUT2D eigenvalue weighted by Crippen LogP contribution is 2.34. The number of primary amides is 1. The summed E-state index contributed by atoms with van der Waals surface area (Å²) in [5, 5.41) is 2.82. The fourth-order valence-corrected chi connectivity index (χ4v) is 4.24. The second-order valence-corrected chi connectivity index (χ2v) is 9.01. The number of rotatable bonds is 10. The Morgan fingerprint density at radius 1 is 1.12 bits per heavy atom. The lowest BCUT2D eigenvalue weighted by molar-refractivity contribution is 0.0506. The van der Waals surface area contributed by atoms with Crippen molar-refractivity contribution in [2.45, 2.75) is 46.6 Å². The Morgan fingerprint density at radius 2 is 1.82 bits per heavy atom. The Bertz CT molecular complexity index is 1180. The van der Waals surface area contributed by atoms with E-state index in [-0.39, 0.29) is 34.4 Å². The number of nitrogens with two attached hydrogens (primary N) is 1. The van der Waals surface area contributed by atoms with Crippen LogP contribution >= 0.6 is 11.3 Å². The van der Waals surface area contributed by atoms with Gasteiger partial charge >= 0.3 is 5.97 Å². The van der Waals surface area contributed by atoms with Gasteiger partial charge in [-0.3, -0.25) is 9.59 Å². The molecule has 3 N–H and O–H groups in total. The SMILES string of the molecule is CCCOC(=O)c1c(NC(=O)c2ccc(COc3ccc(C(C)C)cc3)o2)sc(C(N)=O)c1C. The van der Waals surface area contributed by atoms with Crippen molar-refractivity contribution in [3.8, 4) is 5.75 Å². The van der Waals surface area contributed by atoms with Gasteiger partial charge in [-0.2, -0.15) is 0 Å². The van der Waals surface area contributed by atoms with E-state index in [4.69, 9.17) is 19.6 Å². The number of hydrogen-bond acceptors (Lipinski definition) is 7. The van der Waals surface area contributed by atoms with Gasteiger partial charge in [0.05, 0.1) is 17.0 Å². The van der Waals surface area contributed by atoms with Crippen LogP contribution in [0.2, 0.25) is 0 Å². The number of nitrogens with one attached hydrogen (secondary N) is 1. The molecule has 0 bridgehead atoms. The summed E-state index contributed by atoms with van der Waals surface area (Å²) in [6.45, 7) is 8.06. The maximum Gasteiger partial charge on any atom is 0.341 e. The third-order valence-corrected chi connectivity index (χ3v) is 6.27. The zero-order valence-electron chi connectivity index (χ0n) is 19.6. The minimum absolute atomic E-state index is 0.0355. The molecule has 2 heterocycles. The average molecular weight is 485 g/mol. The first-order valence-electron chi connectivity index (χ1n) is 10.9. The second kappa shape index (κ2) is 11.0. The molecule has 0 unspecified atom stereocenters. The molecule has 180 valence electrons. The van der Waals surface area contributed by atoms with Crippen molar-refractivity contribution in [1.82, 2.24) is 0 Å². The summed E-state index contributed by atoms with van der Waals surface area (Å²) in [6, 6.07) is 10.9. The molecule has 0 fully saturated rings. The molecule has 0 saturated heterocycles. The summed E-state index contributed by atoms with van der Waals surface area (Å²) < 4.78 is 16.5. The minimum atomic E-state index is -0.689. The van der Waals surface area contributed by atoms with Crippen molar-refractivity contribution in [2.24, 2.45) is 5.73 Å². The van der Waals surface area contributed by atoms with Crippen LogP contribution in [-0.4, -0.2) is 24.4 Å². The zero-order chi connectivity index (χ0) is 24.8. The van der Waals surface area contributed by atoms with Crippen LogP contribution < -0.4 is 15.8 Å². The van der Waals surface area contributed by atoms with E-state index >= 15 is 0 Å². The summed E-state index contributed by atoms with van der Waals surface area (Å²) in [5.74, 6) is -0.277. The molecule has 9 heteroatoms. The molecule has 0 atom stereocenters. The Morgan fingerprint density at radius 3 is 2.44 bits per heavy atom. The number of benzene rings is 1. The molecule has 34 heavy (non-hydrogen) atoms. The van der Waals surface area contributed by atoms with Gasteiger partial charge in [0.25, 0.3) is 11.8 Å². The molecule has 1 aromatic carbocycles. The minimum Gasteiger partial charge on any atom is -0.486 e. The first-order valence-corrected chi connectivity index (χ1v) is 11.8. The number of hydrogen-bond donors (Lipinski definition) is 2. The highest BCUT2D eigenvalue weighted by molar-refractivity contribution is 7.18. The monoisotopic (exact) mass is 484 g/mol. The number of furan rings is 1. The maximum absolute atomic E-state index is 12.8. The van der Waals surface area contributed by atoms with E-state index in [1.165, 1.54) is 11.6 Å². The largest absolute Gasteiger partial charge is 0.486 e. The normalized spacial score (nSPS) is 10.9. The predicted octanol–water partition coefficient (Wildman–Crippen LogP) is 5.27. The lowest BCUT2D eigenvalue weighted by Gasteiger charge is -2.08. The maximum atomic E-state index is 12.8. The lowest BCUT2D eigenvalue weighted by Crippen LogP contribution is -2.15. The molecule has 0 radical (unpaired) electrons. The molecule has 0 spiro atoms. The number of esters is 1. The van der Waals surface area contributed by atoms with E-state index in [2.05, 4.69) is 19.2 Å². The topological polar surface area (TPSA) is 121 Å². The van der Waals surface area contributed by atoms with Crippen LogP contribution in [0, 0.1) is 6.92 Å². The van der Waals surface area contributed by atoms with E-state index in [0.717, 1.165) is 11.3 Å². The van der Waals surface area contributed by atoms with Crippen LogP contribution in [-0.2, 0) is 11.3 Å². The standard InChI is InChI=1S/C25H28N2O6S/c1-5-12-31-25(30)20-15(4)21(22(26)28)34-24(20)27-23(29)19-11-10-18(33-19)13-32-17-8-6-16(7-9-17)14(2)3/h6-11,14H,5,12-13H2,1-4H3,(H2,26,28)(H,27,29). The number of amides is 2. The van der Waals surface area contributed by atoms with Gasteiger partial charge in [-0.25, -0.2) is 4.79 Å². The fraction of sp³-hybridized carbons (Fsp3) is 0.320. The van der Waals surface area contributed by atoms with Crippen LogP contribution in [0.5, 0.6) is 5.75 Å². The molecule has 2 aromatic heterocycles. The number of ether oxygens (including phenoxy) is 2. The van der Waals surface area contributed by atoms with E-state index in [1.54, 1.807) is 13.0 Å². The first-order chi connectivity index (χ1) is 16.2. The van der Waals surface area contributed by atoms with E-state index in [1.807, 2.05) is 31.2 Å². The molecule has 0 aliphatic heterocycles. The predicted molar refractivity (Wildman–Crippen MR) is 130 cm³/mol. The number of thiophene rings is 1. The summed E-state index contributed by atoms with van der Waals surface area (Å²) in [5.41, 5.74) is 7.11. The van der Waals surface area contributed by atoms with Gasteiger partial charge in [-0.1, -0.05) is 32.9 Å². The van der Waals surface area contributed by atoms with Crippen molar-refractivity contribution in [2.75, 3.05) is 11.9 Å². The third kappa shape index (κ3) is 5.85. The van der Waals surface area contributed by atoms with Crippen LogP contribution in [0.1, 0.15) is 80.6 Å². The molecular weight excluding hydrogens is 456 g/mol. The molecule has 3 aromatic rings. The quantitative estimate of drug-likeness (QED) is 0.378. The average Bonchev–Trinajstić information content (AvgIpc) is 3.41. The molecule has 0 aliphatic rings. The van der Waals surface area contributed by atoms with Crippen LogP contribution in [0.15, 0.2) is 40.8 Å². The third-order valence-electron chi connectivity index (χ3n) is 5.05. The summed E-state index contributed by atoms with van der Waals surface area (Å²) in [6.07, 6.45) is 0.637. The van der Waals surface area contributed by atoms with Crippen LogP contribution in [0.4, 0.5) is 5.00 Å². The molecule has 0 aliphatic carbocycles. The first kappa shape index (κ1) is 25.0. The Balaban J connectivity index is 1.71. The van der Waals surface area contributed by atoms with Crippen molar-refractivity contribution in [1.29, 1.82) is 0 Å². The van der Waals surface area contributed by atoms with Crippen molar-refractivity contribution in [3.63, 3.8) is 0 Å². The van der Waals surface area contributed by atoms with Crippen LogP contribution in [0.3, 0.4) is 0 Å². The van der Waals surface area contributed by atoms with Gasteiger partial charge in [0.2, 0.25) is 0 Å². The zero-order valence-corrected chi connectivity index (χ0v) is 20.4. The van der Waals surface area contributed by atoms with Crippen LogP contribution in [0.25, 0.3) is 0 Å². The number of anilines is 1. The van der Waals surface area contributed by atoms with E-state index in [9.17, 15) is 14.4 Å². The van der Waals surface area contributed by atoms with Gasteiger partial charge < -0.3 is 24.9 Å². The van der Waals surface area contributed by atoms with Crippen molar-refractivity contribution < 1.29 is 28.3 Å². The Labute approximate surface area is 202 Å². The molecule has 3 rings (SSSR count). The Hall–Kier alpha value is -3.59. The summed E-state index contributed by atoms with van der Waals surface area (Å²) in [4.78, 5) is 37.2. The summed E-state index contributed by atoms with van der Waals surface area (Å²) in [7, 11) is 0. The van der Waals surface area contributed by atoms with Crippen molar-refractivity contribution in [3.05, 3.63) is 69.5 Å². The summed E-state index contributed by atoms with van der Waals surface area (Å²) >= 11 is 0.923. The van der Waals surface area contributed by atoms with Gasteiger partial charge in [0.1, 0.15) is 23.1 Å². The van der Waals surface area contributed by atoms with Gasteiger partial charge in [0, 0.05) is 0 Å². The molecule has 0 saturated carbocycles. The highest BCUT2D eigenvalue weighted by Gasteiger charge is 2.26. The van der Waals surface area contributed by atoms with Gasteiger partial charge in [-0.05, 0) is 54.7 Å². The lowest BCUT2D eigenvalue weighted by atomic mass is 10.0. The second-order valence-electron chi connectivity index (χ2n) is 7.99. The molecule has 2 amide bonds. The smallest absolute Gasteiger partial charge is 0.341 e. The molecule has 8 nitrogen and oxygen atoms in total. The van der Waals surface area contributed by atoms with Gasteiger partial charge in [0.15, 0.2) is 5.76 Å². The Kier molecular flexibility index (Phi) is 8.12. The van der Waals surface area contributed by atoms with Crippen molar-refractivity contribution >= 4 is 34.1 Å². The number of carbonyl (C=O) groups is 3. The number of carbonyl (C=O) groups excluding carboxylic acids is 3. The van der Waals surface area contributed by atoms with E-state index < -0.39 is 17.8 Å². The van der Waals surface area contributed by atoms with E-state index in [0.29, 0.717) is 29.4 Å². The molecular formula is C25H28N2O6S. The fourth-order valence-electron chi connectivity index (χ4n) is 3.19.